The van der Waals surface area contributed by atoms with Gasteiger partial charge in [0.2, 0.25) is 0 Å². The van der Waals surface area contributed by atoms with E-state index >= 15 is 0 Å². The summed E-state index contributed by atoms with van der Waals surface area (Å²) in [6.07, 6.45) is 1.54. The van der Waals surface area contributed by atoms with Gasteiger partial charge in [-0.05, 0) is 39.7 Å². The van der Waals surface area contributed by atoms with Gasteiger partial charge >= 0.3 is 6.03 Å². The van der Waals surface area contributed by atoms with Crippen LogP contribution in [-0.4, -0.2) is 33.4 Å². The Labute approximate surface area is 141 Å². The van der Waals surface area contributed by atoms with Crippen LogP contribution in [0.15, 0.2) is 5.38 Å². The predicted molar refractivity (Wildman–Crippen MR) is 92.9 cm³/mol. The number of aryl methyl sites for hydroxylation is 3. The summed E-state index contributed by atoms with van der Waals surface area (Å²) in [5.74, 6) is 0. The van der Waals surface area contributed by atoms with Gasteiger partial charge < -0.3 is 10.6 Å². The topological polar surface area (TPSA) is 71.8 Å². The lowest BCUT2D eigenvalue weighted by Crippen LogP contribution is -2.42. The monoisotopic (exact) mass is 335 g/mol. The highest BCUT2D eigenvalue weighted by Gasteiger charge is 2.14. The highest BCUT2D eigenvalue weighted by atomic mass is 32.1. The molecule has 1 atom stereocenters. The molecule has 2 N–H and O–H groups in total. The van der Waals surface area contributed by atoms with E-state index in [1.807, 2.05) is 37.9 Å². The zero-order chi connectivity index (χ0) is 17.0. The smallest absolute Gasteiger partial charge is 0.315 e. The van der Waals surface area contributed by atoms with Crippen molar-refractivity contribution in [2.24, 2.45) is 7.05 Å². The molecule has 0 aliphatic carbocycles. The third kappa shape index (κ3) is 4.79. The van der Waals surface area contributed by atoms with Crippen molar-refractivity contribution in [1.29, 1.82) is 0 Å². The summed E-state index contributed by atoms with van der Waals surface area (Å²) in [5, 5.41) is 13.4. The van der Waals surface area contributed by atoms with Crippen molar-refractivity contribution >= 4 is 17.4 Å². The number of nitrogens with one attached hydrogen (secondary N) is 2. The fourth-order valence-electron chi connectivity index (χ4n) is 2.57. The summed E-state index contributed by atoms with van der Waals surface area (Å²) >= 11 is 1.63. The van der Waals surface area contributed by atoms with Crippen molar-refractivity contribution in [2.75, 3.05) is 6.54 Å². The second-order valence-corrected chi connectivity index (χ2v) is 6.95. The van der Waals surface area contributed by atoms with Crippen LogP contribution in [0.3, 0.4) is 0 Å². The van der Waals surface area contributed by atoms with Crippen molar-refractivity contribution in [3.63, 3.8) is 0 Å². The first-order valence-electron chi connectivity index (χ1n) is 7.81. The summed E-state index contributed by atoms with van der Waals surface area (Å²) in [6.45, 7) is 8.64. The first-order chi connectivity index (χ1) is 10.9. The summed E-state index contributed by atoms with van der Waals surface area (Å²) in [5.41, 5.74) is 4.41. The van der Waals surface area contributed by atoms with Gasteiger partial charge in [-0.2, -0.15) is 5.10 Å². The zero-order valence-corrected chi connectivity index (χ0v) is 15.3. The van der Waals surface area contributed by atoms with Gasteiger partial charge in [0.1, 0.15) is 0 Å². The van der Waals surface area contributed by atoms with Gasteiger partial charge in [-0.15, -0.1) is 11.3 Å². The second-order valence-electron chi connectivity index (χ2n) is 5.89. The van der Waals surface area contributed by atoms with Crippen LogP contribution in [-0.2, 0) is 19.9 Å². The fraction of sp³-hybridized carbons (Fsp3) is 0.562. The highest BCUT2D eigenvalue weighted by Crippen LogP contribution is 2.14. The molecule has 0 aliphatic rings. The summed E-state index contributed by atoms with van der Waals surface area (Å²) in [7, 11) is 1.94. The minimum atomic E-state index is -0.136. The van der Waals surface area contributed by atoms with Gasteiger partial charge in [0.05, 0.1) is 16.4 Å². The van der Waals surface area contributed by atoms with Crippen LogP contribution in [0.2, 0.25) is 0 Å². The molecule has 0 saturated heterocycles. The number of aromatic nitrogens is 3. The van der Waals surface area contributed by atoms with E-state index in [1.54, 1.807) is 11.3 Å². The Bertz CT molecular complexity index is 676. The van der Waals surface area contributed by atoms with E-state index in [2.05, 4.69) is 27.6 Å². The Morgan fingerprint density at radius 3 is 2.70 bits per heavy atom. The van der Waals surface area contributed by atoms with Crippen LogP contribution >= 0.6 is 11.3 Å². The molecule has 2 rings (SSSR count). The third-order valence-corrected chi connectivity index (χ3v) is 4.70. The fourth-order valence-corrected chi connectivity index (χ4v) is 3.22. The lowest BCUT2D eigenvalue weighted by Gasteiger charge is -2.15. The van der Waals surface area contributed by atoms with Crippen LogP contribution in [0.25, 0.3) is 0 Å². The van der Waals surface area contributed by atoms with Crippen molar-refractivity contribution in [3.05, 3.63) is 33.0 Å². The quantitative estimate of drug-likeness (QED) is 0.851. The lowest BCUT2D eigenvalue weighted by molar-refractivity contribution is 0.238. The number of hydrogen-bond acceptors (Lipinski definition) is 4. The summed E-state index contributed by atoms with van der Waals surface area (Å²) < 4.78 is 1.88. The molecule has 2 aromatic heterocycles. The number of carbonyl (C=O) groups is 1. The number of hydrogen-bond donors (Lipinski definition) is 2. The molecular weight excluding hydrogens is 310 g/mol. The molecule has 7 heteroatoms. The highest BCUT2D eigenvalue weighted by molar-refractivity contribution is 7.09. The SMILES string of the molecule is Cc1nc(CCNC(=O)N[C@@H](C)Cc2c(C)nn(C)c2C)cs1. The molecule has 0 radical (unpaired) electrons. The number of amides is 2. The van der Waals surface area contributed by atoms with E-state index in [4.69, 9.17) is 0 Å². The molecule has 0 aliphatic heterocycles. The van der Waals surface area contributed by atoms with Crippen molar-refractivity contribution in [1.82, 2.24) is 25.4 Å². The first-order valence-corrected chi connectivity index (χ1v) is 8.69. The minimum absolute atomic E-state index is 0.0538. The maximum absolute atomic E-state index is 12.0. The number of urea groups is 1. The first kappa shape index (κ1) is 17.5. The molecule has 0 fully saturated rings. The van der Waals surface area contributed by atoms with E-state index in [9.17, 15) is 4.79 Å². The zero-order valence-electron chi connectivity index (χ0n) is 14.4. The number of carbonyl (C=O) groups excluding carboxylic acids is 1. The van der Waals surface area contributed by atoms with Crippen LogP contribution in [0, 0.1) is 20.8 Å². The molecule has 23 heavy (non-hydrogen) atoms. The van der Waals surface area contributed by atoms with Crippen LogP contribution in [0.4, 0.5) is 4.79 Å². The van der Waals surface area contributed by atoms with Crippen molar-refractivity contribution in [3.8, 4) is 0 Å². The molecule has 2 amide bonds. The summed E-state index contributed by atoms with van der Waals surface area (Å²) in [4.78, 5) is 16.3. The Hall–Kier alpha value is -1.89. The molecule has 126 valence electrons. The van der Waals surface area contributed by atoms with Gasteiger partial charge in [0.25, 0.3) is 0 Å². The van der Waals surface area contributed by atoms with E-state index < -0.39 is 0 Å². The van der Waals surface area contributed by atoms with E-state index in [0.29, 0.717) is 6.54 Å². The van der Waals surface area contributed by atoms with Gasteiger partial charge in [0.15, 0.2) is 0 Å². The molecule has 6 nitrogen and oxygen atoms in total. The average molecular weight is 335 g/mol. The molecule has 0 aromatic carbocycles. The van der Waals surface area contributed by atoms with E-state index in [1.165, 1.54) is 5.56 Å². The van der Waals surface area contributed by atoms with Crippen LogP contribution in [0.5, 0.6) is 0 Å². The second kappa shape index (κ2) is 7.59. The molecule has 2 heterocycles. The largest absolute Gasteiger partial charge is 0.338 e. The molecule has 0 spiro atoms. The van der Waals surface area contributed by atoms with Gasteiger partial charge in [-0.1, -0.05) is 0 Å². The van der Waals surface area contributed by atoms with Crippen LogP contribution < -0.4 is 10.6 Å². The van der Waals surface area contributed by atoms with E-state index in [0.717, 1.165) is 34.9 Å². The molecule has 0 saturated carbocycles. The normalized spacial score (nSPS) is 12.2. The minimum Gasteiger partial charge on any atom is -0.338 e. The van der Waals surface area contributed by atoms with E-state index in [-0.39, 0.29) is 12.1 Å². The lowest BCUT2D eigenvalue weighted by atomic mass is 10.1. The Kier molecular flexibility index (Phi) is 5.76. The van der Waals surface area contributed by atoms with Gasteiger partial charge in [-0.3, -0.25) is 4.68 Å². The maximum Gasteiger partial charge on any atom is 0.315 e. The summed E-state index contributed by atoms with van der Waals surface area (Å²) in [6, 6.07) is -0.0817. The number of thiazole rings is 1. The third-order valence-electron chi connectivity index (χ3n) is 3.88. The van der Waals surface area contributed by atoms with Crippen molar-refractivity contribution in [2.45, 2.75) is 46.6 Å². The van der Waals surface area contributed by atoms with Crippen molar-refractivity contribution < 1.29 is 4.79 Å². The average Bonchev–Trinajstić information content (AvgIpc) is 2.98. The standard InChI is InChI=1S/C16H25N5OS/c1-10(8-15-11(2)20-21(5)12(15)3)18-16(22)17-7-6-14-9-23-13(4)19-14/h9-10H,6-8H2,1-5H3,(H2,17,18,22)/t10-/m0/s1. The van der Waals surface area contributed by atoms with Gasteiger partial charge in [-0.25, -0.2) is 9.78 Å². The Balaban J connectivity index is 1.76. The molecule has 2 aromatic rings. The number of nitrogens with zero attached hydrogens (tertiary/aromatic N) is 3. The Morgan fingerprint density at radius 2 is 2.13 bits per heavy atom. The van der Waals surface area contributed by atoms with Gasteiger partial charge in [0, 0.05) is 37.1 Å². The van der Waals surface area contributed by atoms with Crippen LogP contribution in [0.1, 0.15) is 34.6 Å². The molecular formula is C16H25N5OS. The molecule has 0 bridgehead atoms. The Morgan fingerprint density at radius 1 is 1.39 bits per heavy atom. The molecule has 0 unspecified atom stereocenters. The number of rotatable bonds is 6. The maximum atomic E-state index is 12.0. The predicted octanol–water partition coefficient (Wildman–Crippen LogP) is 2.27.